The van der Waals surface area contributed by atoms with Crippen LogP contribution >= 0.6 is 0 Å². The van der Waals surface area contributed by atoms with Crippen molar-refractivity contribution < 1.29 is 4.79 Å². The van der Waals surface area contributed by atoms with Gasteiger partial charge in [0.1, 0.15) is 0 Å². The molecule has 4 heteroatoms. The third-order valence-corrected chi connectivity index (χ3v) is 4.86. The molecule has 4 rings (SSSR count). The molecule has 0 bridgehead atoms. The number of carbonyl (C=O) groups is 1. The lowest BCUT2D eigenvalue weighted by molar-refractivity contribution is 0.0665. The van der Waals surface area contributed by atoms with E-state index in [1.807, 2.05) is 47.4 Å². The van der Waals surface area contributed by atoms with Crippen LogP contribution in [0, 0.1) is 0 Å². The summed E-state index contributed by atoms with van der Waals surface area (Å²) in [5, 5.41) is 1.99. The lowest BCUT2D eigenvalue weighted by Gasteiger charge is -2.32. The van der Waals surface area contributed by atoms with E-state index in [0.717, 1.165) is 48.2 Å². The van der Waals surface area contributed by atoms with Gasteiger partial charge in [0.2, 0.25) is 0 Å². The molecular formula is C21H21N3O. The highest BCUT2D eigenvalue weighted by Gasteiger charge is 2.23. The van der Waals surface area contributed by atoms with Gasteiger partial charge in [0.15, 0.2) is 0 Å². The highest BCUT2D eigenvalue weighted by molar-refractivity contribution is 6.09. The Kier molecular flexibility index (Phi) is 4.20. The lowest BCUT2D eigenvalue weighted by Crippen LogP contribution is -2.47. The van der Waals surface area contributed by atoms with E-state index in [9.17, 15) is 4.79 Å². The number of likely N-dealkylation sites (N-methyl/N-ethyl adjacent to an activating group) is 1. The van der Waals surface area contributed by atoms with E-state index in [4.69, 9.17) is 0 Å². The van der Waals surface area contributed by atoms with E-state index in [1.54, 1.807) is 6.20 Å². The van der Waals surface area contributed by atoms with Crippen molar-refractivity contribution >= 4 is 16.7 Å². The average Bonchev–Trinajstić information content (AvgIpc) is 2.68. The van der Waals surface area contributed by atoms with Gasteiger partial charge in [-0.15, -0.1) is 0 Å². The number of fused-ring (bicyclic) bond motifs is 1. The largest absolute Gasteiger partial charge is 0.336 e. The third kappa shape index (κ3) is 3.01. The van der Waals surface area contributed by atoms with Gasteiger partial charge >= 0.3 is 0 Å². The second-order valence-corrected chi connectivity index (χ2v) is 6.53. The van der Waals surface area contributed by atoms with Crippen LogP contribution in [-0.2, 0) is 0 Å². The fraction of sp³-hybridized carbons (Fsp3) is 0.238. The second kappa shape index (κ2) is 6.65. The van der Waals surface area contributed by atoms with Crippen molar-refractivity contribution in [1.82, 2.24) is 14.8 Å². The Morgan fingerprint density at radius 1 is 0.880 bits per heavy atom. The van der Waals surface area contributed by atoms with Gasteiger partial charge in [0, 0.05) is 43.3 Å². The van der Waals surface area contributed by atoms with Crippen molar-refractivity contribution in [3.63, 3.8) is 0 Å². The first-order valence-corrected chi connectivity index (χ1v) is 8.65. The number of aromatic nitrogens is 1. The Morgan fingerprint density at radius 2 is 1.52 bits per heavy atom. The minimum atomic E-state index is 0.0800. The molecule has 1 aliphatic heterocycles. The van der Waals surface area contributed by atoms with Gasteiger partial charge in [-0.1, -0.05) is 54.6 Å². The highest BCUT2D eigenvalue weighted by Crippen LogP contribution is 2.29. The number of pyridine rings is 1. The quantitative estimate of drug-likeness (QED) is 0.723. The monoisotopic (exact) mass is 331 g/mol. The number of hydrogen-bond donors (Lipinski definition) is 0. The van der Waals surface area contributed by atoms with Crippen LogP contribution in [0.2, 0.25) is 0 Å². The molecule has 1 aromatic heterocycles. The summed E-state index contributed by atoms with van der Waals surface area (Å²) in [7, 11) is 2.09. The van der Waals surface area contributed by atoms with Gasteiger partial charge < -0.3 is 9.80 Å². The first-order chi connectivity index (χ1) is 12.2. The summed E-state index contributed by atoms with van der Waals surface area (Å²) in [5.41, 5.74) is 2.68. The maximum Gasteiger partial charge on any atom is 0.256 e. The summed E-state index contributed by atoms with van der Waals surface area (Å²) >= 11 is 0. The second-order valence-electron chi connectivity index (χ2n) is 6.53. The summed E-state index contributed by atoms with van der Waals surface area (Å²) in [6.45, 7) is 3.37. The number of piperazine rings is 1. The molecule has 0 atom stereocenters. The summed E-state index contributed by atoms with van der Waals surface area (Å²) in [4.78, 5) is 21.9. The normalized spacial score (nSPS) is 15.5. The number of rotatable bonds is 2. The van der Waals surface area contributed by atoms with Crippen molar-refractivity contribution in [1.29, 1.82) is 0 Å². The molecular weight excluding hydrogens is 310 g/mol. The molecule has 4 nitrogen and oxygen atoms in total. The molecule has 0 unspecified atom stereocenters. The number of hydrogen-bond acceptors (Lipinski definition) is 3. The third-order valence-electron chi connectivity index (χ3n) is 4.86. The predicted octanol–water partition coefficient (Wildman–Crippen LogP) is 3.29. The number of nitrogens with zero attached hydrogens (tertiary/aromatic N) is 3. The molecule has 126 valence electrons. The summed E-state index contributed by atoms with van der Waals surface area (Å²) in [6, 6.07) is 18.2. The minimum Gasteiger partial charge on any atom is -0.336 e. The maximum atomic E-state index is 13.0. The summed E-state index contributed by atoms with van der Waals surface area (Å²) in [5.74, 6) is 0.0800. The average molecular weight is 331 g/mol. The van der Waals surface area contributed by atoms with E-state index in [1.165, 1.54) is 0 Å². The van der Waals surface area contributed by atoms with E-state index in [-0.39, 0.29) is 5.91 Å². The Hall–Kier alpha value is -2.72. The molecule has 3 aromatic rings. The SMILES string of the molecule is CN1CCN(C(=O)c2cnc(-c3ccccc3)c3ccccc23)CC1. The zero-order valence-electron chi connectivity index (χ0n) is 14.4. The molecule has 0 N–H and O–H groups in total. The highest BCUT2D eigenvalue weighted by atomic mass is 16.2. The van der Waals surface area contributed by atoms with Crippen LogP contribution in [0.3, 0.4) is 0 Å². The van der Waals surface area contributed by atoms with Gasteiger partial charge in [0.25, 0.3) is 5.91 Å². The number of carbonyl (C=O) groups excluding carboxylic acids is 1. The van der Waals surface area contributed by atoms with Crippen LogP contribution in [0.25, 0.3) is 22.0 Å². The van der Waals surface area contributed by atoms with Crippen LogP contribution in [0.15, 0.2) is 60.8 Å². The van der Waals surface area contributed by atoms with Gasteiger partial charge in [-0.3, -0.25) is 9.78 Å². The van der Waals surface area contributed by atoms with Crippen molar-refractivity contribution in [2.24, 2.45) is 0 Å². The van der Waals surface area contributed by atoms with Crippen molar-refractivity contribution in [3.05, 3.63) is 66.4 Å². The van der Waals surface area contributed by atoms with Crippen LogP contribution in [-0.4, -0.2) is 53.9 Å². The summed E-state index contributed by atoms with van der Waals surface area (Å²) < 4.78 is 0. The molecule has 0 spiro atoms. The molecule has 0 radical (unpaired) electrons. The molecule has 1 amide bonds. The van der Waals surface area contributed by atoms with E-state index in [0.29, 0.717) is 5.56 Å². The van der Waals surface area contributed by atoms with Crippen molar-refractivity contribution in [2.75, 3.05) is 33.2 Å². The molecule has 1 aliphatic rings. The lowest BCUT2D eigenvalue weighted by atomic mass is 10.00. The van der Waals surface area contributed by atoms with E-state index >= 15 is 0 Å². The predicted molar refractivity (Wildman–Crippen MR) is 101 cm³/mol. The van der Waals surface area contributed by atoms with Crippen LogP contribution < -0.4 is 0 Å². The zero-order chi connectivity index (χ0) is 17.2. The Labute approximate surface area is 147 Å². The number of benzene rings is 2. The van der Waals surface area contributed by atoms with Gasteiger partial charge in [0.05, 0.1) is 11.3 Å². The van der Waals surface area contributed by atoms with E-state index in [2.05, 4.69) is 29.1 Å². The van der Waals surface area contributed by atoms with Crippen LogP contribution in [0.1, 0.15) is 10.4 Å². The van der Waals surface area contributed by atoms with Gasteiger partial charge in [-0.25, -0.2) is 0 Å². The summed E-state index contributed by atoms with van der Waals surface area (Å²) in [6.07, 6.45) is 1.74. The molecule has 25 heavy (non-hydrogen) atoms. The van der Waals surface area contributed by atoms with Gasteiger partial charge in [-0.2, -0.15) is 0 Å². The Morgan fingerprint density at radius 3 is 2.24 bits per heavy atom. The van der Waals surface area contributed by atoms with Crippen molar-refractivity contribution in [3.8, 4) is 11.3 Å². The fourth-order valence-corrected chi connectivity index (χ4v) is 3.37. The molecule has 1 saturated heterocycles. The molecule has 0 aliphatic carbocycles. The minimum absolute atomic E-state index is 0.0800. The van der Waals surface area contributed by atoms with Crippen molar-refractivity contribution in [2.45, 2.75) is 0 Å². The molecule has 2 aromatic carbocycles. The first-order valence-electron chi connectivity index (χ1n) is 8.65. The Balaban J connectivity index is 1.78. The van der Waals surface area contributed by atoms with Crippen LogP contribution in [0.5, 0.6) is 0 Å². The van der Waals surface area contributed by atoms with Crippen LogP contribution in [0.4, 0.5) is 0 Å². The Bertz CT molecular complexity index is 899. The standard InChI is InChI=1S/C21H21N3O/c1-23-11-13-24(14-12-23)21(25)19-15-22-20(16-7-3-2-4-8-16)18-10-6-5-9-17(18)19/h2-10,15H,11-14H2,1H3. The maximum absolute atomic E-state index is 13.0. The van der Waals surface area contributed by atoms with Gasteiger partial charge in [-0.05, 0) is 12.4 Å². The zero-order valence-corrected chi connectivity index (χ0v) is 14.4. The molecule has 2 heterocycles. The molecule has 0 saturated carbocycles. The van der Waals surface area contributed by atoms with E-state index < -0.39 is 0 Å². The smallest absolute Gasteiger partial charge is 0.256 e. The first kappa shape index (κ1) is 15.8. The molecule has 1 fully saturated rings. The fourth-order valence-electron chi connectivity index (χ4n) is 3.37. The topological polar surface area (TPSA) is 36.4 Å². The number of amides is 1.